The van der Waals surface area contributed by atoms with Crippen LogP contribution in [0.3, 0.4) is 0 Å². The van der Waals surface area contributed by atoms with Gasteiger partial charge >= 0.3 is 0 Å². The smallest absolute Gasteiger partial charge is 0.254 e. The Kier molecular flexibility index (Phi) is 6.04. The van der Waals surface area contributed by atoms with Crippen molar-refractivity contribution in [1.29, 1.82) is 0 Å². The fraction of sp³-hybridized carbons (Fsp3) is 0.375. The van der Waals surface area contributed by atoms with Gasteiger partial charge in [-0.15, -0.1) is 0 Å². The van der Waals surface area contributed by atoms with Gasteiger partial charge in [0.25, 0.3) is 5.91 Å². The Labute approximate surface area is 146 Å². The van der Waals surface area contributed by atoms with E-state index in [1.807, 2.05) is 25.9 Å². The maximum absolute atomic E-state index is 12.8. The molecule has 23 heavy (non-hydrogen) atoms. The van der Waals surface area contributed by atoms with Crippen LogP contribution in [-0.4, -0.2) is 52.9 Å². The van der Waals surface area contributed by atoms with Gasteiger partial charge in [-0.3, -0.25) is 4.79 Å². The number of aromatic nitrogens is 2. The second-order valence-corrected chi connectivity index (χ2v) is 6.45. The van der Waals surface area contributed by atoms with Crippen LogP contribution in [0.25, 0.3) is 0 Å². The van der Waals surface area contributed by atoms with E-state index in [0.717, 1.165) is 17.9 Å². The minimum Gasteiger partial charge on any atom is -0.348 e. The van der Waals surface area contributed by atoms with E-state index in [0.29, 0.717) is 28.7 Å². The van der Waals surface area contributed by atoms with Gasteiger partial charge in [0.15, 0.2) is 0 Å². The normalized spacial score (nSPS) is 11.0. The summed E-state index contributed by atoms with van der Waals surface area (Å²) in [7, 11) is 3.95. The van der Waals surface area contributed by atoms with E-state index in [-0.39, 0.29) is 5.91 Å². The number of carbonyl (C=O) groups is 1. The molecule has 0 fully saturated rings. The quantitative estimate of drug-likeness (QED) is 0.866. The number of carbonyl (C=O) groups excluding carboxylic acids is 1. The second-order valence-electron chi connectivity index (χ2n) is 5.63. The Bertz CT molecular complexity index is 684. The van der Waals surface area contributed by atoms with Crippen molar-refractivity contribution in [2.75, 3.05) is 27.2 Å². The lowest BCUT2D eigenvalue weighted by atomic mass is 10.2. The zero-order valence-corrected chi connectivity index (χ0v) is 14.9. The highest BCUT2D eigenvalue weighted by Crippen LogP contribution is 2.23. The Morgan fingerprint density at radius 2 is 1.96 bits per heavy atom. The fourth-order valence-corrected chi connectivity index (χ4v) is 2.41. The summed E-state index contributed by atoms with van der Waals surface area (Å²) in [5.74, 6) is -0.0900. The molecule has 0 saturated carbocycles. The van der Waals surface area contributed by atoms with Crippen LogP contribution >= 0.6 is 23.2 Å². The highest BCUT2D eigenvalue weighted by Gasteiger charge is 2.19. The molecule has 124 valence electrons. The van der Waals surface area contributed by atoms with Gasteiger partial charge < -0.3 is 14.8 Å². The third-order valence-electron chi connectivity index (χ3n) is 3.55. The largest absolute Gasteiger partial charge is 0.348 e. The van der Waals surface area contributed by atoms with Crippen LogP contribution in [0.1, 0.15) is 21.7 Å². The molecule has 0 aliphatic carbocycles. The number of halogens is 2. The summed E-state index contributed by atoms with van der Waals surface area (Å²) < 4.78 is 0. The zero-order chi connectivity index (χ0) is 17.0. The summed E-state index contributed by atoms with van der Waals surface area (Å²) in [6.07, 6.45) is 1.64. The van der Waals surface area contributed by atoms with Crippen LogP contribution in [0.4, 0.5) is 0 Å². The number of aryl methyl sites for hydroxylation is 1. The minimum atomic E-state index is -0.0900. The van der Waals surface area contributed by atoms with Gasteiger partial charge in [-0.25, -0.2) is 4.98 Å². The molecule has 0 atom stereocenters. The first-order chi connectivity index (χ1) is 10.9. The molecule has 1 N–H and O–H groups in total. The van der Waals surface area contributed by atoms with E-state index in [1.54, 1.807) is 29.4 Å². The van der Waals surface area contributed by atoms with Crippen LogP contribution in [0.5, 0.6) is 0 Å². The number of aromatic amines is 1. The topological polar surface area (TPSA) is 52.2 Å². The van der Waals surface area contributed by atoms with Crippen molar-refractivity contribution in [3.63, 3.8) is 0 Å². The highest BCUT2D eigenvalue weighted by atomic mass is 35.5. The number of nitrogens with zero attached hydrogens (tertiary/aromatic N) is 3. The summed E-state index contributed by atoms with van der Waals surface area (Å²) in [6, 6.07) is 4.93. The predicted molar refractivity (Wildman–Crippen MR) is 93.1 cm³/mol. The van der Waals surface area contributed by atoms with Crippen LogP contribution in [-0.2, 0) is 6.54 Å². The number of hydrogen-bond acceptors (Lipinski definition) is 3. The summed E-state index contributed by atoms with van der Waals surface area (Å²) in [5, 5.41) is 0.812. The summed E-state index contributed by atoms with van der Waals surface area (Å²) in [6.45, 7) is 3.74. The maximum atomic E-state index is 12.8. The molecule has 2 aromatic rings. The number of H-pyrrole nitrogens is 1. The molecule has 1 aromatic carbocycles. The Morgan fingerprint density at radius 1 is 1.22 bits per heavy atom. The second kappa shape index (κ2) is 7.81. The summed E-state index contributed by atoms with van der Waals surface area (Å²) >= 11 is 12.0. The number of amides is 1. The monoisotopic (exact) mass is 354 g/mol. The molecule has 0 unspecified atom stereocenters. The van der Waals surface area contributed by atoms with Crippen molar-refractivity contribution in [3.05, 3.63) is 51.5 Å². The Morgan fingerprint density at radius 3 is 2.52 bits per heavy atom. The first-order valence-corrected chi connectivity index (χ1v) is 8.02. The van der Waals surface area contributed by atoms with Gasteiger partial charge in [-0.2, -0.15) is 0 Å². The predicted octanol–water partition coefficient (Wildman–Crippen LogP) is 3.23. The van der Waals surface area contributed by atoms with E-state index >= 15 is 0 Å². The average molecular weight is 355 g/mol. The van der Waals surface area contributed by atoms with Crippen molar-refractivity contribution in [2.24, 2.45) is 0 Å². The fourth-order valence-electron chi connectivity index (χ4n) is 2.11. The van der Waals surface area contributed by atoms with Crippen molar-refractivity contribution in [2.45, 2.75) is 13.5 Å². The van der Waals surface area contributed by atoms with Crippen molar-refractivity contribution >= 4 is 29.1 Å². The molecule has 0 aliphatic heterocycles. The third kappa shape index (κ3) is 4.70. The van der Waals surface area contributed by atoms with Gasteiger partial charge in [0, 0.05) is 24.3 Å². The molecule has 0 bridgehead atoms. The van der Waals surface area contributed by atoms with Gasteiger partial charge in [0.2, 0.25) is 0 Å². The first kappa shape index (κ1) is 17.8. The standard InChI is InChI=1S/C16H20Cl2N4O/c1-11-15(20-10-19-11)9-22(7-6-21(2)3)16(23)12-4-5-13(17)14(18)8-12/h4-5,8,10H,6-7,9H2,1-3H3,(H,19,20). The Balaban J connectivity index is 2.22. The van der Waals surface area contributed by atoms with Gasteiger partial charge in [0.1, 0.15) is 0 Å². The Hall–Kier alpha value is -1.56. The molecular formula is C16H20Cl2N4O. The third-order valence-corrected chi connectivity index (χ3v) is 4.28. The maximum Gasteiger partial charge on any atom is 0.254 e. The molecule has 0 aliphatic rings. The number of nitrogens with one attached hydrogen (secondary N) is 1. The van der Waals surface area contributed by atoms with Crippen LogP contribution in [0.2, 0.25) is 10.0 Å². The number of rotatable bonds is 6. The lowest BCUT2D eigenvalue weighted by molar-refractivity contribution is 0.0730. The zero-order valence-electron chi connectivity index (χ0n) is 13.4. The molecule has 0 spiro atoms. The molecule has 1 aromatic heterocycles. The van der Waals surface area contributed by atoms with E-state index in [1.165, 1.54) is 0 Å². The molecule has 0 radical (unpaired) electrons. The van der Waals surface area contributed by atoms with E-state index < -0.39 is 0 Å². The first-order valence-electron chi connectivity index (χ1n) is 7.26. The van der Waals surface area contributed by atoms with Crippen molar-refractivity contribution in [3.8, 4) is 0 Å². The molecule has 1 heterocycles. The van der Waals surface area contributed by atoms with Crippen molar-refractivity contribution in [1.82, 2.24) is 19.8 Å². The molecule has 0 saturated heterocycles. The highest BCUT2D eigenvalue weighted by molar-refractivity contribution is 6.42. The molecule has 1 amide bonds. The molecule has 5 nitrogen and oxygen atoms in total. The summed E-state index contributed by atoms with van der Waals surface area (Å²) in [4.78, 5) is 23.9. The van der Waals surface area contributed by atoms with Gasteiger partial charge in [-0.05, 0) is 39.2 Å². The molecular weight excluding hydrogens is 335 g/mol. The number of hydrogen-bond donors (Lipinski definition) is 1. The molecule has 7 heteroatoms. The van der Waals surface area contributed by atoms with E-state index in [9.17, 15) is 4.79 Å². The van der Waals surface area contributed by atoms with E-state index in [4.69, 9.17) is 23.2 Å². The van der Waals surface area contributed by atoms with Crippen molar-refractivity contribution < 1.29 is 4.79 Å². The minimum absolute atomic E-state index is 0.0900. The van der Waals surface area contributed by atoms with Crippen LogP contribution in [0, 0.1) is 6.92 Å². The lowest BCUT2D eigenvalue weighted by Crippen LogP contribution is -2.36. The van der Waals surface area contributed by atoms with Gasteiger partial charge in [-0.1, -0.05) is 23.2 Å². The SMILES string of the molecule is Cc1[nH]cnc1CN(CCN(C)C)C(=O)c1ccc(Cl)c(Cl)c1. The van der Waals surface area contributed by atoms with Gasteiger partial charge in [0.05, 0.1) is 28.6 Å². The number of imidazole rings is 1. The lowest BCUT2D eigenvalue weighted by Gasteiger charge is -2.24. The molecule has 2 rings (SSSR count). The van der Waals surface area contributed by atoms with E-state index in [2.05, 4.69) is 9.97 Å². The van der Waals surface area contributed by atoms with Crippen LogP contribution in [0.15, 0.2) is 24.5 Å². The average Bonchev–Trinajstić information content (AvgIpc) is 2.90. The summed E-state index contributed by atoms with van der Waals surface area (Å²) in [5.41, 5.74) is 2.34. The number of benzene rings is 1. The number of likely N-dealkylation sites (N-methyl/N-ethyl adjacent to an activating group) is 1. The van der Waals surface area contributed by atoms with Crippen LogP contribution < -0.4 is 0 Å².